The molecule has 1 aromatic heterocycles. The first kappa shape index (κ1) is 18.9. The molecule has 2 aromatic carbocycles. The van der Waals surface area contributed by atoms with Crippen molar-refractivity contribution >= 4 is 32.9 Å². The van der Waals surface area contributed by atoms with Gasteiger partial charge in [0, 0.05) is 19.5 Å². The lowest BCUT2D eigenvalue weighted by molar-refractivity contribution is 0.107. The third kappa shape index (κ3) is 3.17. The summed E-state index contributed by atoms with van der Waals surface area (Å²) in [5, 5.41) is 0.744. The van der Waals surface area contributed by atoms with E-state index in [0.717, 1.165) is 11.7 Å². The molecule has 142 valence electrons. The van der Waals surface area contributed by atoms with E-state index in [1.54, 1.807) is 41.0 Å². The topological polar surface area (TPSA) is 77.8 Å². The molecular weight excluding hydrogens is 368 g/mol. The molecule has 3 aromatic rings. The number of hydrogen-bond donors (Lipinski definition) is 0. The molecule has 0 saturated heterocycles. The minimum Gasteiger partial charge on any atom is -0.495 e. The SMILES string of the molecule is COCn1c(C=O)cc2cccc(N(C)S(=O)(=O)c3ccccc3OC)c21. The van der Waals surface area contributed by atoms with E-state index in [4.69, 9.17) is 9.47 Å². The molecule has 8 heteroatoms. The Kier molecular flexibility index (Phi) is 5.20. The van der Waals surface area contributed by atoms with Gasteiger partial charge in [-0.1, -0.05) is 24.3 Å². The van der Waals surface area contributed by atoms with Gasteiger partial charge in [-0.05, 0) is 24.3 Å². The van der Waals surface area contributed by atoms with E-state index in [0.29, 0.717) is 16.9 Å². The molecule has 0 N–H and O–H groups in total. The first-order chi connectivity index (χ1) is 13.0. The molecule has 0 atom stereocenters. The van der Waals surface area contributed by atoms with E-state index in [9.17, 15) is 13.2 Å². The molecule has 0 fully saturated rings. The number of nitrogens with zero attached hydrogens (tertiary/aromatic N) is 2. The average Bonchev–Trinajstić information content (AvgIpc) is 3.05. The van der Waals surface area contributed by atoms with Crippen molar-refractivity contribution in [3.8, 4) is 5.75 Å². The molecule has 1 heterocycles. The molecule has 0 aliphatic heterocycles. The molecule has 27 heavy (non-hydrogen) atoms. The number of aldehydes is 1. The standard InChI is InChI=1S/C19H20N2O5S/c1-20(27(23,24)18-10-5-4-9-17(18)26-3)16-8-6-7-14-11-15(12-22)21(13-25-2)19(14)16/h4-12H,13H2,1-3H3. The lowest BCUT2D eigenvalue weighted by Gasteiger charge is -2.22. The zero-order valence-electron chi connectivity index (χ0n) is 15.2. The fourth-order valence-corrected chi connectivity index (χ4v) is 4.41. The van der Waals surface area contributed by atoms with Crippen molar-refractivity contribution in [3.63, 3.8) is 0 Å². The van der Waals surface area contributed by atoms with Crippen LogP contribution < -0.4 is 9.04 Å². The van der Waals surface area contributed by atoms with Crippen molar-refractivity contribution in [1.82, 2.24) is 4.57 Å². The summed E-state index contributed by atoms with van der Waals surface area (Å²) in [6.07, 6.45) is 0.720. The maximum atomic E-state index is 13.2. The van der Waals surface area contributed by atoms with Crippen LogP contribution in [0.4, 0.5) is 5.69 Å². The first-order valence-electron chi connectivity index (χ1n) is 8.14. The molecule has 3 rings (SSSR count). The summed E-state index contributed by atoms with van der Waals surface area (Å²) in [6.45, 7) is 0.122. The van der Waals surface area contributed by atoms with Gasteiger partial charge in [-0.15, -0.1) is 0 Å². The van der Waals surface area contributed by atoms with Gasteiger partial charge < -0.3 is 14.0 Å². The van der Waals surface area contributed by atoms with Gasteiger partial charge in [-0.3, -0.25) is 9.10 Å². The van der Waals surface area contributed by atoms with Crippen LogP contribution in [0.2, 0.25) is 0 Å². The van der Waals surface area contributed by atoms with Crippen LogP contribution in [0.3, 0.4) is 0 Å². The highest BCUT2D eigenvalue weighted by Gasteiger charge is 2.27. The molecule has 0 radical (unpaired) electrons. The van der Waals surface area contributed by atoms with Gasteiger partial charge in [0.25, 0.3) is 10.0 Å². The number of methoxy groups -OCH3 is 2. The summed E-state index contributed by atoms with van der Waals surface area (Å²) in [6, 6.07) is 13.4. The van der Waals surface area contributed by atoms with Gasteiger partial charge in [0.15, 0.2) is 6.29 Å². The smallest absolute Gasteiger partial charge is 0.267 e. The number of para-hydroxylation sites is 2. The fraction of sp³-hybridized carbons (Fsp3) is 0.211. The monoisotopic (exact) mass is 388 g/mol. The Labute approximate surface area is 157 Å². The van der Waals surface area contributed by atoms with Gasteiger partial charge in [-0.25, -0.2) is 8.42 Å². The number of ether oxygens (including phenoxy) is 2. The highest BCUT2D eigenvalue weighted by molar-refractivity contribution is 7.93. The van der Waals surface area contributed by atoms with Gasteiger partial charge in [0.1, 0.15) is 17.4 Å². The summed E-state index contributed by atoms with van der Waals surface area (Å²) in [5.74, 6) is 0.261. The van der Waals surface area contributed by atoms with E-state index in [1.807, 2.05) is 6.07 Å². The Bertz CT molecular complexity index is 1090. The predicted molar refractivity (Wildman–Crippen MR) is 103 cm³/mol. The van der Waals surface area contributed by atoms with Crippen LogP contribution in [0.5, 0.6) is 5.75 Å². The quantitative estimate of drug-likeness (QED) is 0.582. The number of benzene rings is 2. The normalized spacial score (nSPS) is 11.5. The molecule has 0 unspecified atom stereocenters. The number of carbonyl (C=O) groups excluding carboxylic acids is 1. The molecule has 0 amide bonds. The highest BCUT2D eigenvalue weighted by atomic mass is 32.2. The van der Waals surface area contributed by atoms with E-state index in [-0.39, 0.29) is 17.4 Å². The number of aromatic nitrogens is 1. The predicted octanol–water partition coefficient (Wildman–Crippen LogP) is 2.89. The summed E-state index contributed by atoms with van der Waals surface area (Å²) in [4.78, 5) is 11.5. The Morgan fingerprint density at radius 2 is 1.85 bits per heavy atom. The van der Waals surface area contributed by atoms with Crippen molar-refractivity contribution in [1.29, 1.82) is 0 Å². The lowest BCUT2D eigenvalue weighted by Crippen LogP contribution is -2.27. The third-order valence-corrected chi connectivity index (χ3v) is 6.17. The largest absolute Gasteiger partial charge is 0.495 e. The second kappa shape index (κ2) is 7.42. The van der Waals surface area contributed by atoms with Crippen LogP contribution in [-0.4, -0.2) is 40.5 Å². The van der Waals surface area contributed by atoms with Gasteiger partial charge >= 0.3 is 0 Å². The van der Waals surface area contributed by atoms with E-state index in [2.05, 4.69) is 0 Å². The first-order valence-corrected chi connectivity index (χ1v) is 9.58. The number of carbonyl (C=O) groups is 1. The second-order valence-corrected chi connectivity index (χ2v) is 7.81. The summed E-state index contributed by atoms with van der Waals surface area (Å²) in [5.41, 5.74) is 1.44. The lowest BCUT2D eigenvalue weighted by atomic mass is 10.2. The number of sulfonamides is 1. The Balaban J connectivity index is 2.22. The maximum Gasteiger partial charge on any atom is 0.267 e. The van der Waals surface area contributed by atoms with Crippen molar-refractivity contribution in [2.24, 2.45) is 0 Å². The van der Waals surface area contributed by atoms with Gasteiger partial charge in [0.05, 0.1) is 24.0 Å². The number of rotatable bonds is 7. The van der Waals surface area contributed by atoms with E-state index in [1.165, 1.54) is 31.6 Å². The summed E-state index contributed by atoms with van der Waals surface area (Å²) < 4.78 is 39.7. The molecular formula is C19H20N2O5S. The molecule has 0 aliphatic rings. The molecule has 7 nitrogen and oxygen atoms in total. The zero-order valence-corrected chi connectivity index (χ0v) is 16.1. The van der Waals surface area contributed by atoms with Crippen LogP contribution in [0.15, 0.2) is 53.4 Å². The number of anilines is 1. The van der Waals surface area contributed by atoms with Gasteiger partial charge in [0.2, 0.25) is 0 Å². The van der Waals surface area contributed by atoms with Crippen LogP contribution in [-0.2, 0) is 21.5 Å². The Morgan fingerprint density at radius 3 is 2.52 bits per heavy atom. The highest BCUT2D eigenvalue weighted by Crippen LogP contribution is 2.34. The van der Waals surface area contributed by atoms with Crippen LogP contribution in [0.25, 0.3) is 10.9 Å². The molecule has 0 aliphatic carbocycles. The van der Waals surface area contributed by atoms with Crippen LogP contribution in [0, 0.1) is 0 Å². The summed E-state index contributed by atoms with van der Waals surface area (Å²) in [7, 11) is 0.522. The molecule has 0 spiro atoms. The Morgan fingerprint density at radius 1 is 1.11 bits per heavy atom. The minimum atomic E-state index is -3.89. The van der Waals surface area contributed by atoms with E-state index >= 15 is 0 Å². The van der Waals surface area contributed by atoms with Crippen molar-refractivity contribution < 1.29 is 22.7 Å². The zero-order chi connectivity index (χ0) is 19.6. The summed E-state index contributed by atoms with van der Waals surface area (Å²) >= 11 is 0. The van der Waals surface area contributed by atoms with Crippen molar-refractivity contribution in [2.45, 2.75) is 11.6 Å². The molecule has 0 saturated carbocycles. The Hall–Kier alpha value is -2.84. The maximum absolute atomic E-state index is 13.2. The van der Waals surface area contributed by atoms with Crippen LogP contribution >= 0.6 is 0 Å². The third-order valence-electron chi connectivity index (χ3n) is 4.36. The average molecular weight is 388 g/mol. The van der Waals surface area contributed by atoms with Crippen molar-refractivity contribution in [3.05, 3.63) is 54.2 Å². The number of hydrogen-bond acceptors (Lipinski definition) is 5. The second-order valence-electron chi connectivity index (χ2n) is 5.87. The van der Waals surface area contributed by atoms with Crippen molar-refractivity contribution in [2.75, 3.05) is 25.6 Å². The van der Waals surface area contributed by atoms with Gasteiger partial charge in [-0.2, -0.15) is 0 Å². The number of fused-ring (bicyclic) bond motifs is 1. The fourth-order valence-electron chi connectivity index (χ4n) is 3.05. The van der Waals surface area contributed by atoms with Crippen LogP contribution in [0.1, 0.15) is 10.5 Å². The molecule has 0 bridgehead atoms. The van der Waals surface area contributed by atoms with E-state index < -0.39 is 10.0 Å². The minimum absolute atomic E-state index is 0.0625.